The Morgan fingerprint density at radius 1 is 0.548 bits per heavy atom. The second-order valence-corrected chi connectivity index (χ2v) is 10.5. The molecule has 0 unspecified atom stereocenters. The molecular formula is C34H24Cl2O6. The molecule has 6 aromatic rings. The van der Waals surface area contributed by atoms with E-state index in [0.717, 1.165) is 11.1 Å². The van der Waals surface area contributed by atoms with Crippen LogP contribution in [0.5, 0.6) is 11.5 Å². The zero-order valence-corrected chi connectivity index (χ0v) is 23.8. The molecule has 0 amide bonds. The van der Waals surface area contributed by atoms with Gasteiger partial charge in [0.15, 0.2) is 11.5 Å². The Morgan fingerprint density at radius 2 is 0.952 bits per heavy atom. The van der Waals surface area contributed by atoms with Gasteiger partial charge in [-0.15, -0.1) is 0 Å². The van der Waals surface area contributed by atoms with Crippen LogP contribution in [-0.2, 0) is 0 Å². The van der Waals surface area contributed by atoms with Crippen molar-refractivity contribution in [2.24, 2.45) is 0 Å². The van der Waals surface area contributed by atoms with Gasteiger partial charge < -0.3 is 18.3 Å². The first-order chi connectivity index (χ1) is 20.5. The van der Waals surface area contributed by atoms with Gasteiger partial charge in [0.25, 0.3) is 0 Å². The molecule has 0 radical (unpaired) electrons. The van der Waals surface area contributed by atoms with Crippen molar-refractivity contribution in [3.05, 3.63) is 128 Å². The molecule has 6 rings (SSSR count). The summed E-state index contributed by atoms with van der Waals surface area (Å²) in [5, 5.41) is 1.55. The van der Waals surface area contributed by atoms with E-state index in [1.807, 2.05) is 60.7 Å². The number of halogens is 2. The van der Waals surface area contributed by atoms with Crippen molar-refractivity contribution < 1.29 is 18.3 Å². The molecule has 6 nitrogen and oxygen atoms in total. The van der Waals surface area contributed by atoms with Crippen LogP contribution in [0.1, 0.15) is 12.8 Å². The first-order valence-corrected chi connectivity index (χ1v) is 14.1. The summed E-state index contributed by atoms with van der Waals surface area (Å²) >= 11 is 12.3. The van der Waals surface area contributed by atoms with Crippen molar-refractivity contribution in [3.63, 3.8) is 0 Å². The van der Waals surface area contributed by atoms with E-state index in [2.05, 4.69) is 0 Å². The Morgan fingerprint density at radius 3 is 1.36 bits per heavy atom. The summed E-state index contributed by atoms with van der Waals surface area (Å²) in [6.07, 6.45) is 1.10. The third-order valence-corrected chi connectivity index (χ3v) is 7.20. The highest BCUT2D eigenvalue weighted by Gasteiger charge is 2.19. The lowest BCUT2D eigenvalue weighted by molar-refractivity contribution is 0.260. The molecule has 2 aromatic heterocycles. The Labute approximate surface area is 250 Å². The summed E-state index contributed by atoms with van der Waals surface area (Å²) in [6.45, 7) is 0.459. The fraction of sp³-hybridized carbons (Fsp3) is 0.118. The van der Waals surface area contributed by atoms with Crippen molar-refractivity contribution in [1.82, 2.24) is 0 Å². The lowest BCUT2D eigenvalue weighted by Crippen LogP contribution is -2.13. The van der Waals surface area contributed by atoms with E-state index in [4.69, 9.17) is 41.5 Å². The van der Waals surface area contributed by atoms with Crippen LogP contribution in [0.2, 0.25) is 10.0 Å². The molecular weight excluding hydrogens is 575 g/mol. The van der Waals surface area contributed by atoms with Gasteiger partial charge >= 0.3 is 0 Å². The molecule has 4 aromatic carbocycles. The van der Waals surface area contributed by atoms with Crippen LogP contribution in [0, 0.1) is 0 Å². The molecule has 210 valence electrons. The van der Waals surface area contributed by atoms with Gasteiger partial charge in [0, 0.05) is 21.2 Å². The predicted octanol–water partition coefficient (Wildman–Crippen LogP) is 8.78. The topological polar surface area (TPSA) is 78.9 Å². The van der Waals surface area contributed by atoms with Crippen molar-refractivity contribution >= 4 is 45.1 Å². The van der Waals surface area contributed by atoms with Crippen molar-refractivity contribution in [2.45, 2.75) is 12.8 Å². The van der Waals surface area contributed by atoms with Crippen LogP contribution in [0.4, 0.5) is 0 Å². The van der Waals surface area contributed by atoms with E-state index >= 15 is 0 Å². The van der Waals surface area contributed by atoms with Gasteiger partial charge in [0.05, 0.1) is 24.0 Å². The molecule has 2 heterocycles. The van der Waals surface area contributed by atoms with Crippen LogP contribution in [0.25, 0.3) is 44.6 Å². The summed E-state index contributed by atoms with van der Waals surface area (Å²) in [5.74, 6) is 0.948. The van der Waals surface area contributed by atoms with E-state index in [1.54, 1.807) is 36.4 Å². The molecule has 0 aliphatic heterocycles. The lowest BCUT2D eigenvalue weighted by Gasteiger charge is -2.13. The average Bonchev–Trinajstić information content (AvgIpc) is 3.02. The summed E-state index contributed by atoms with van der Waals surface area (Å²) in [6, 6.07) is 28.5. The Bertz CT molecular complexity index is 1850. The molecule has 0 saturated carbocycles. The second kappa shape index (κ2) is 12.1. The van der Waals surface area contributed by atoms with Gasteiger partial charge in [-0.1, -0.05) is 83.9 Å². The largest absolute Gasteiger partial charge is 0.486 e. The Kier molecular flexibility index (Phi) is 8.00. The molecule has 8 heteroatoms. The Hall–Kier alpha value is -4.52. The predicted molar refractivity (Wildman–Crippen MR) is 166 cm³/mol. The number of hydrogen-bond acceptors (Lipinski definition) is 6. The van der Waals surface area contributed by atoms with Crippen LogP contribution < -0.4 is 20.3 Å². The standard InChI is InChI=1S/C34H24Cl2O6/c35-23-13-15-27-25(19-23)29(37)33(31(41-27)21-9-3-1-4-10-21)39-17-7-8-18-40-34-30(38)26-20-24(36)14-16-28(26)42-32(34)22-11-5-2-6-12-22/h1-6,9-16,19-20H,7-8,17-18H2. The minimum atomic E-state index is -0.297. The van der Waals surface area contributed by atoms with Gasteiger partial charge in [0.2, 0.25) is 22.4 Å². The fourth-order valence-corrected chi connectivity index (χ4v) is 5.02. The number of fused-ring (bicyclic) bond motifs is 2. The normalized spacial score (nSPS) is 11.2. The maximum absolute atomic E-state index is 13.4. The molecule has 0 fully saturated rings. The van der Waals surface area contributed by atoms with Gasteiger partial charge in [-0.2, -0.15) is 0 Å². The van der Waals surface area contributed by atoms with Gasteiger partial charge in [0.1, 0.15) is 11.2 Å². The number of unbranched alkanes of at least 4 members (excludes halogenated alkanes) is 1. The van der Waals surface area contributed by atoms with Crippen LogP contribution in [0.15, 0.2) is 115 Å². The minimum absolute atomic E-state index is 0.121. The smallest absolute Gasteiger partial charge is 0.235 e. The summed E-state index contributed by atoms with van der Waals surface area (Å²) < 4.78 is 24.2. The second-order valence-electron chi connectivity index (χ2n) is 9.60. The highest BCUT2D eigenvalue weighted by atomic mass is 35.5. The molecule has 0 N–H and O–H groups in total. The van der Waals surface area contributed by atoms with Crippen molar-refractivity contribution in [1.29, 1.82) is 0 Å². The van der Waals surface area contributed by atoms with Crippen molar-refractivity contribution in [2.75, 3.05) is 13.2 Å². The molecule has 0 spiro atoms. The summed E-state index contributed by atoms with van der Waals surface area (Å²) in [5.41, 5.74) is 1.70. The monoisotopic (exact) mass is 598 g/mol. The average molecular weight is 599 g/mol. The number of hydrogen-bond donors (Lipinski definition) is 0. The molecule has 42 heavy (non-hydrogen) atoms. The maximum atomic E-state index is 13.4. The number of ether oxygens (including phenoxy) is 2. The molecule has 0 aliphatic rings. The third-order valence-electron chi connectivity index (χ3n) is 6.72. The van der Waals surface area contributed by atoms with Crippen LogP contribution in [0.3, 0.4) is 0 Å². The first-order valence-electron chi connectivity index (χ1n) is 13.4. The third kappa shape index (κ3) is 5.64. The lowest BCUT2D eigenvalue weighted by atomic mass is 10.1. The van der Waals surface area contributed by atoms with E-state index in [-0.39, 0.29) is 35.6 Å². The van der Waals surface area contributed by atoms with Gasteiger partial charge in [-0.05, 0) is 49.2 Å². The van der Waals surface area contributed by atoms with Crippen molar-refractivity contribution in [3.8, 4) is 34.1 Å². The minimum Gasteiger partial charge on any atom is -0.486 e. The van der Waals surface area contributed by atoms with Crippen LogP contribution in [-0.4, -0.2) is 13.2 Å². The summed E-state index contributed by atoms with van der Waals surface area (Å²) in [7, 11) is 0. The van der Waals surface area contributed by atoms with E-state index < -0.39 is 0 Å². The fourth-order valence-electron chi connectivity index (χ4n) is 4.67. The van der Waals surface area contributed by atoms with E-state index in [0.29, 0.717) is 56.3 Å². The zero-order valence-electron chi connectivity index (χ0n) is 22.3. The zero-order chi connectivity index (χ0) is 29.1. The number of benzene rings is 4. The highest BCUT2D eigenvalue weighted by Crippen LogP contribution is 2.33. The SMILES string of the molecule is O=c1c(OCCCCOc2c(-c3ccccc3)oc3ccc(Cl)cc3c2=O)c(-c2ccccc2)oc2ccc(Cl)cc12. The van der Waals surface area contributed by atoms with E-state index in [9.17, 15) is 9.59 Å². The quantitative estimate of drug-likeness (QED) is 0.155. The number of rotatable bonds is 9. The maximum Gasteiger partial charge on any atom is 0.235 e. The Balaban J connectivity index is 1.20. The first kappa shape index (κ1) is 27.6. The van der Waals surface area contributed by atoms with Gasteiger partial charge in [-0.25, -0.2) is 0 Å². The highest BCUT2D eigenvalue weighted by molar-refractivity contribution is 6.31. The molecule has 0 aliphatic carbocycles. The van der Waals surface area contributed by atoms with Crippen LogP contribution >= 0.6 is 23.2 Å². The molecule has 0 bridgehead atoms. The molecule has 0 atom stereocenters. The molecule has 0 saturated heterocycles. The summed E-state index contributed by atoms with van der Waals surface area (Å²) in [4.78, 5) is 26.8. The van der Waals surface area contributed by atoms with E-state index in [1.165, 1.54) is 0 Å². The van der Waals surface area contributed by atoms with Gasteiger partial charge in [-0.3, -0.25) is 9.59 Å².